The zero-order valence-electron chi connectivity index (χ0n) is 23.9. The lowest BCUT2D eigenvalue weighted by atomic mass is 9.76. The maximum Gasteiger partial charge on any atom is 0.113 e. The zero-order valence-corrected chi connectivity index (χ0v) is 23.9. The summed E-state index contributed by atoms with van der Waals surface area (Å²) in [6, 6.07) is 8.82. The first-order valence-corrected chi connectivity index (χ1v) is 14.1. The van der Waals surface area contributed by atoms with Gasteiger partial charge in [0.2, 0.25) is 0 Å². The van der Waals surface area contributed by atoms with E-state index in [1.165, 1.54) is 37.7 Å². The highest BCUT2D eigenvalue weighted by atomic mass is 16.5. The Morgan fingerprint density at radius 1 is 0.750 bits per heavy atom. The van der Waals surface area contributed by atoms with E-state index < -0.39 is 0 Å². The van der Waals surface area contributed by atoms with E-state index in [-0.39, 0.29) is 5.41 Å². The second kappa shape index (κ2) is 16.2. The molecule has 2 aromatic rings. The maximum atomic E-state index is 5.73. The number of ether oxygens (including phenoxy) is 3. The van der Waals surface area contributed by atoms with E-state index in [1.807, 2.05) is 10.9 Å². The van der Waals surface area contributed by atoms with E-state index in [2.05, 4.69) is 76.1 Å². The van der Waals surface area contributed by atoms with Crippen molar-refractivity contribution in [3.63, 3.8) is 0 Å². The summed E-state index contributed by atoms with van der Waals surface area (Å²) < 4.78 is 18.9. The highest BCUT2D eigenvalue weighted by Crippen LogP contribution is 2.33. The molecule has 0 amide bonds. The summed E-state index contributed by atoms with van der Waals surface area (Å²) in [6.45, 7) is 18.2. The number of aromatic nitrogens is 3. The molecule has 36 heavy (non-hydrogen) atoms. The van der Waals surface area contributed by atoms with E-state index >= 15 is 0 Å². The van der Waals surface area contributed by atoms with Gasteiger partial charge in [-0.3, -0.25) is 0 Å². The van der Waals surface area contributed by atoms with Crippen LogP contribution in [0.1, 0.15) is 92.1 Å². The topological polar surface area (TPSA) is 58.4 Å². The molecule has 0 saturated heterocycles. The minimum atomic E-state index is 0.240. The summed E-state index contributed by atoms with van der Waals surface area (Å²) in [7, 11) is 0. The molecule has 1 aromatic carbocycles. The maximum absolute atomic E-state index is 5.73. The third-order valence-electron chi connectivity index (χ3n) is 7.34. The van der Waals surface area contributed by atoms with Crippen molar-refractivity contribution in [2.24, 2.45) is 5.41 Å². The molecule has 0 bridgehead atoms. The molecule has 1 aromatic heterocycles. The van der Waals surface area contributed by atoms with Gasteiger partial charge < -0.3 is 14.2 Å². The molecule has 0 saturated carbocycles. The summed E-state index contributed by atoms with van der Waals surface area (Å²) >= 11 is 0. The quantitative estimate of drug-likeness (QED) is 0.182. The van der Waals surface area contributed by atoms with E-state index in [0.29, 0.717) is 45.0 Å². The van der Waals surface area contributed by atoms with Crippen LogP contribution in [-0.4, -0.2) is 54.6 Å². The SMILES string of the molecule is CCCCC(C)(C)CCOCCOCCOCCn1cc(-c2ccc(C(C)(CC)CCC)cc2)nn1. The van der Waals surface area contributed by atoms with Gasteiger partial charge in [0.25, 0.3) is 0 Å². The van der Waals surface area contributed by atoms with Crippen LogP contribution in [0.4, 0.5) is 0 Å². The normalized spacial score (nSPS) is 13.7. The van der Waals surface area contributed by atoms with Gasteiger partial charge in [0.15, 0.2) is 0 Å². The molecular formula is C30H51N3O3. The lowest BCUT2D eigenvalue weighted by molar-refractivity contribution is 0.00777. The van der Waals surface area contributed by atoms with Crippen molar-refractivity contribution in [2.75, 3.05) is 39.6 Å². The Hall–Kier alpha value is -1.76. The molecule has 1 atom stereocenters. The minimum Gasteiger partial charge on any atom is -0.379 e. The van der Waals surface area contributed by atoms with Gasteiger partial charge in [-0.05, 0) is 42.1 Å². The fourth-order valence-electron chi connectivity index (χ4n) is 4.49. The van der Waals surface area contributed by atoms with Crippen molar-refractivity contribution in [2.45, 2.75) is 98.4 Å². The number of unbranched alkanes of at least 4 members (excludes halogenated alkanes) is 1. The van der Waals surface area contributed by atoms with Crippen molar-refractivity contribution in [1.29, 1.82) is 0 Å². The van der Waals surface area contributed by atoms with Gasteiger partial charge in [-0.15, -0.1) is 5.10 Å². The van der Waals surface area contributed by atoms with E-state index in [1.54, 1.807) is 0 Å². The van der Waals surface area contributed by atoms with Crippen LogP contribution < -0.4 is 0 Å². The van der Waals surface area contributed by atoms with Gasteiger partial charge in [0, 0.05) is 12.2 Å². The number of rotatable bonds is 20. The largest absolute Gasteiger partial charge is 0.379 e. The van der Waals surface area contributed by atoms with Gasteiger partial charge in [0.1, 0.15) is 5.69 Å². The Bertz CT molecular complexity index is 834. The lowest BCUT2D eigenvalue weighted by Gasteiger charge is -2.28. The second-order valence-corrected chi connectivity index (χ2v) is 11.0. The molecule has 1 heterocycles. The Morgan fingerprint density at radius 2 is 1.39 bits per heavy atom. The highest BCUT2D eigenvalue weighted by molar-refractivity contribution is 5.58. The predicted octanol–water partition coefficient (Wildman–Crippen LogP) is 7.07. The summed E-state index contributed by atoms with van der Waals surface area (Å²) in [6.07, 6.45) is 10.4. The van der Waals surface area contributed by atoms with Crippen LogP contribution in [0.25, 0.3) is 11.3 Å². The van der Waals surface area contributed by atoms with E-state index in [4.69, 9.17) is 14.2 Å². The molecule has 2 rings (SSSR count). The third kappa shape index (κ3) is 10.7. The Kier molecular flexibility index (Phi) is 13.7. The molecular weight excluding hydrogens is 450 g/mol. The van der Waals surface area contributed by atoms with Crippen LogP contribution in [0.2, 0.25) is 0 Å². The average Bonchev–Trinajstić information content (AvgIpc) is 3.35. The molecule has 1 unspecified atom stereocenters. The van der Waals surface area contributed by atoms with Crippen molar-refractivity contribution in [3.8, 4) is 11.3 Å². The lowest BCUT2D eigenvalue weighted by Crippen LogP contribution is -2.20. The third-order valence-corrected chi connectivity index (χ3v) is 7.34. The first-order valence-electron chi connectivity index (χ1n) is 14.1. The molecule has 0 spiro atoms. The van der Waals surface area contributed by atoms with E-state index in [9.17, 15) is 0 Å². The van der Waals surface area contributed by atoms with Crippen LogP contribution in [0.15, 0.2) is 30.5 Å². The minimum absolute atomic E-state index is 0.240. The summed E-state index contributed by atoms with van der Waals surface area (Å²) in [5.41, 5.74) is 4.00. The van der Waals surface area contributed by atoms with Crippen molar-refractivity contribution < 1.29 is 14.2 Å². The summed E-state index contributed by atoms with van der Waals surface area (Å²) in [4.78, 5) is 0. The number of hydrogen-bond acceptors (Lipinski definition) is 5. The van der Waals surface area contributed by atoms with Crippen LogP contribution in [0.3, 0.4) is 0 Å². The van der Waals surface area contributed by atoms with E-state index in [0.717, 1.165) is 30.7 Å². The Labute approximate surface area is 220 Å². The molecule has 6 nitrogen and oxygen atoms in total. The van der Waals surface area contributed by atoms with Gasteiger partial charge in [-0.1, -0.05) is 90.3 Å². The zero-order chi connectivity index (χ0) is 26.3. The number of hydrogen-bond donors (Lipinski definition) is 0. The standard InChI is InChI=1S/C30H51N3O3/c1-7-10-16-29(4,5)17-19-34-21-23-36-24-22-35-20-18-33-25-28(31-32-33)26-11-13-27(14-12-26)30(6,9-3)15-8-2/h11-14,25H,7-10,15-24H2,1-6H3. The van der Waals surface area contributed by atoms with Crippen LogP contribution in [0, 0.1) is 5.41 Å². The Balaban J connectivity index is 1.57. The van der Waals surface area contributed by atoms with Gasteiger partial charge in [-0.25, -0.2) is 4.68 Å². The number of nitrogens with zero attached hydrogens (tertiary/aromatic N) is 3. The first-order chi connectivity index (χ1) is 17.3. The summed E-state index contributed by atoms with van der Waals surface area (Å²) in [5, 5.41) is 8.60. The number of benzene rings is 1. The van der Waals surface area contributed by atoms with Crippen LogP contribution in [-0.2, 0) is 26.2 Å². The molecule has 0 fully saturated rings. The van der Waals surface area contributed by atoms with Gasteiger partial charge in [0.05, 0.1) is 45.8 Å². The fourth-order valence-corrected chi connectivity index (χ4v) is 4.49. The molecule has 204 valence electrons. The smallest absolute Gasteiger partial charge is 0.113 e. The summed E-state index contributed by atoms with van der Waals surface area (Å²) in [5.74, 6) is 0. The van der Waals surface area contributed by atoms with Gasteiger partial charge >= 0.3 is 0 Å². The monoisotopic (exact) mass is 501 g/mol. The second-order valence-electron chi connectivity index (χ2n) is 11.0. The molecule has 6 heteroatoms. The highest BCUT2D eigenvalue weighted by Gasteiger charge is 2.23. The van der Waals surface area contributed by atoms with Gasteiger partial charge in [-0.2, -0.15) is 0 Å². The van der Waals surface area contributed by atoms with Crippen molar-refractivity contribution in [3.05, 3.63) is 36.0 Å². The predicted molar refractivity (Wildman–Crippen MR) is 148 cm³/mol. The van der Waals surface area contributed by atoms with Crippen molar-refractivity contribution in [1.82, 2.24) is 15.0 Å². The molecule has 0 aliphatic rings. The molecule has 0 aliphatic heterocycles. The Morgan fingerprint density at radius 3 is 2.00 bits per heavy atom. The molecule has 0 radical (unpaired) electrons. The van der Waals surface area contributed by atoms with Crippen molar-refractivity contribution >= 4 is 0 Å². The van der Waals surface area contributed by atoms with Crippen LogP contribution >= 0.6 is 0 Å². The fraction of sp³-hybridized carbons (Fsp3) is 0.733. The van der Waals surface area contributed by atoms with Crippen LogP contribution in [0.5, 0.6) is 0 Å². The average molecular weight is 502 g/mol. The first kappa shape index (κ1) is 30.5. The molecule has 0 aliphatic carbocycles. The molecule has 0 N–H and O–H groups in total.